The third-order valence-electron chi connectivity index (χ3n) is 2.61. The summed E-state index contributed by atoms with van der Waals surface area (Å²) in [5.41, 5.74) is 0. The van der Waals surface area contributed by atoms with Crippen LogP contribution in [-0.2, 0) is 14.3 Å². The Hall–Kier alpha value is -1.34. The van der Waals surface area contributed by atoms with E-state index < -0.39 is 5.97 Å². The van der Waals surface area contributed by atoms with Gasteiger partial charge in [-0.15, -0.1) is 0 Å². The lowest BCUT2D eigenvalue weighted by Crippen LogP contribution is -2.46. The van der Waals surface area contributed by atoms with E-state index in [0.717, 1.165) is 12.8 Å². The SMILES string of the molecule is COCCOCCCCNC(=O)N(CC(=O)O)C(C)C. The van der Waals surface area contributed by atoms with Crippen LogP contribution in [0.1, 0.15) is 26.7 Å². The smallest absolute Gasteiger partial charge is 0.323 e. The summed E-state index contributed by atoms with van der Waals surface area (Å²) < 4.78 is 10.1. The molecule has 118 valence electrons. The van der Waals surface area contributed by atoms with E-state index in [0.29, 0.717) is 26.4 Å². The Bertz CT molecular complexity index is 284. The zero-order valence-corrected chi connectivity index (χ0v) is 12.6. The maximum atomic E-state index is 11.8. The van der Waals surface area contributed by atoms with Crippen molar-refractivity contribution in [3.05, 3.63) is 0 Å². The number of carbonyl (C=O) groups excluding carboxylic acids is 1. The molecule has 0 rings (SSSR count). The summed E-state index contributed by atoms with van der Waals surface area (Å²) in [6.07, 6.45) is 1.63. The van der Waals surface area contributed by atoms with Crippen molar-refractivity contribution in [2.45, 2.75) is 32.7 Å². The molecule has 0 fully saturated rings. The molecule has 0 aromatic rings. The Morgan fingerprint density at radius 1 is 1.20 bits per heavy atom. The molecule has 7 nitrogen and oxygen atoms in total. The molecule has 0 aromatic heterocycles. The Morgan fingerprint density at radius 2 is 1.90 bits per heavy atom. The van der Waals surface area contributed by atoms with E-state index in [1.807, 2.05) is 0 Å². The first-order valence-corrected chi connectivity index (χ1v) is 6.82. The topological polar surface area (TPSA) is 88.1 Å². The van der Waals surface area contributed by atoms with Crippen molar-refractivity contribution in [2.24, 2.45) is 0 Å². The minimum Gasteiger partial charge on any atom is -0.480 e. The number of hydrogen-bond donors (Lipinski definition) is 2. The summed E-state index contributed by atoms with van der Waals surface area (Å²) >= 11 is 0. The van der Waals surface area contributed by atoms with E-state index in [1.54, 1.807) is 21.0 Å². The van der Waals surface area contributed by atoms with E-state index >= 15 is 0 Å². The molecule has 0 saturated heterocycles. The number of nitrogens with zero attached hydrogens (tertiary/aromatic N) is 1. The van der Waals surface area contributed by atoms with Crippen LogP contribution in [0.2, 0.25) is 0 Å². The van der Waals surface area contributed by atoms with Gasteiger partial charge in [0.2, 0.25) is 0 Å². The predicted octanol–water partition coefficient (Wildman–Crippen LogP) is 0.934. The largest absolute Gasteiger partial charge is 0.480 e. The van der Waals surface area contributed by atoms with Crippen molar-refractivity contribution in [1.29, 1.82) is 0 Å². The van der Waals surface area contributed by atoms with Gasteiger partial charge >= 0.3 is 12.0 Å². The van der Waals surface area contributed by atoms with Crippen molar-refractivity contribution in [1.82, 2.24) is 10.2 Å². The highest BCUT2D eigenvalue weighted by Crippen LogP contribution is 1.99. The molecule has 0 heterocycles. The molecule has 0 saturated carbocycles. The molecule has 20 heavy (non-hydrogen) atoms. The fourth-order valence-electron chi connectivity index (χ4n) is 1.50. The van der Waals surface area contributed by atoms with Crippen LogP contribution >= 0.6 is 0 Å². The molecule has 0 spiro atoms. The van der Waals surface area contributed by atoms with Gasteiger partial charge in [-0.3, -0.25) is 4.79 Å². The van der Waals surface area contributed by atoms with E-state index in [9.17, 15) is 9.59 Å². The zero-order chi connectivity index (χ0) is 15.4. The number of nitrogens with one attached hydrogen (secondary N) is 1. The number of urea groups is 1. The van der Waals surface area contributed by atoms with Gasteiger partial charge in [0.25, 0.3) is 0 Å². The van der Waals surface area contributed by atoms with Gasteiger partial charge in [-0.25, -0.2) is 4.79 Å². The molecule has 0 aliphatic rings. The first-order chi connectivity index (χ1) is 9.49. The van der Waals surface area contributed by atoms with Gasteiger partial charge in [-0.1, -0.05) is 0 Å². The molecule has 0 radical (unpaired) electrons. The van der Waals surface area contributed by atoms with Gasteiger partial charge in [0, 0.05) is 26.3 Å². The number of carboxylic acid groups (broad SMARTS) is 1. The third-order valence-corrected chi connectivity index (χ3v) is 2.61. The van der Waals surface area contributed by atoms with Gasteiger partial charge in [-0.05, 0) is 26.7 Å². The molecule has 2 amide bonds. The Balaban J connectivity index is 3.71. The van der Waals surface area contributed by atoms with Crippen LogP contribution in [0.15, 0.2) is 0 Å². The zero-order valence-electron chi connectivity index (χ0n) is 12.6. The molecular weight excluding hydrogens is 264 g/mol. The number of carbonyl (C=O) groups is 2. The van der Waals surface area contributed by atoms with Crippen LogP contribution in [0.3, 0.4) is 0 Å². The number of hydrogen-bond acceptors (Lipinski definition) is 4. The second-order valence-electron chi connectivity index (χ2n) is 4.66. The second-order valence-corrected chi connectivity index (χ2v) is 4.66. The van der Waals surface area contributed by atoms with Crippen molar-refractivity contribution in [3.63, 3.8) is 0 Å². The summed E-state index contributed by atoms with van der Waals surface area (Å²) in [5, 5.41) is 11.5. The molecule has 0 unspecified atom stereocenters. The maximum Gasteiger partial charge on any atom is 0.323 e. The van der Waals surface area contributed by atoms with E-state index in [2.05, 4.69) is 5.32 Å². The molecule has 0 bridgehead atoms. The number of methoxy groups -OCH3 is 1. The lowest BCUT2D eigenvalue weighted by molar-refractivity contribution is -0.138. The lowest BCUT2D eigenvalue weighted by Gasteiger charge is -2.25. The van der Waals surface area contributed by atoms with E-state index in [-0.39, 0.29) is 18.6 Å². The minimum atomic E-state index is -1.01. The molecule has 0 aliphatic carbocycles. The van der Waals surface area contributed by atoms with Crippen LogP contribution in [0.5, 0.6) is 0 Å². The van der Waals surface area contributed by atoms with Gasteiger partial charge in [0.05, 0.1) is 13.2 Å². The predicted molar refractivity (Wildman–Crippen MR) is 74.8 cm³/mol. The standard InChI is InChI=1S/C13H26N2O5/c1-11(2)15(10-12(16)17)13(18)14-6-4-5-7-20-9-8-19-3/h11H,4-10H2,1-3H3,(H,14,18)(H,16,17). The first-order valence-electron chi connectivity index (χ1n) is 6.82. The fraction of sp³-hybridized carbons (Fsp3) is 0.846. The number of amides is 2. The molecule has 0 aliphatic heterocycles. The monoisotopic (exact) mass is 290 g/mol. The van der Waals surface area contributed by atoms with Crippen LogP contribution in [0.4, 0.5) is 4.79 Å². The van der Waals surface area contributed by atoms with Crippen molar-refractivity contribution < 1.29 is 24.2 Å². The highest BCUT2D eigenvalue weighted by Gasteiger charge is 2.18. The summed E-state index contributed by atoms with van der Waals surface area (Å²) in [7, 11) is 1.62. The summed E-state index contributed by atoms with van der Waals surface area (Å²) in [5.74, 6) is -1.01. The Labute approximate surface area is 120 Å². The number of ether oxygens (including phenoxy) is 2. The first kappa shape index (κ1) is 18.7. The van der Waals surface area contributed by atoms with Gasteiger partial charge in [0.1, 0.15) is 6.54 Å². The highest BCUT2D eigenvalue weighted by molar-refractivity contribution is 5.80. The van der Waals surface area contributed by atoms with Crippen LogP contribution in [0.25, 0.3) is 0 Å². The average Bonchev–Trinajstić information content (AvgIpc) is 2.38. The highest BCUT2D eigenvalue weighted by atomic mass is 16.5. The van der Waals surface area contributed by atoms with E-state index in [1.165, 1.54) is 4.90 Å². The number of unbranched alkanes of at least 4 members (excludes halogenated alkanes) is 1. The number of carboxylic acids is 1. The normalized spacial score (nSPS) is 10.6. The van der Waals surface area contributed by atoms with Crippen molar-refractivity contribution >= 4 is 12.0 Å². The fourth-order valence-corrected chi connectivity index (χ4v) is 1.50. The van der Waals surface area contributed by atoms with Gasteiger partial charge in [-0.2, -0.15) is 0 Å². The van der Waals surface area contributed by atoms with Crippen molar-refractivity contribution in [3.8, 4) is 0 Å². The molecular formula is C13H26N2O5. The Morgan fingerprint density at radius 3 is 2.45 bits per heavy atom. The third kappa shape index (κ3) is 9.57. The summed E-state index contributed by atoms with van der Waals surface area (Å²) in [4.78, 5) is 23.8. The Kier molecular flexibility index (Phi) is 10.7. The number of rotatable bonds is 11. The van der Waals surface area contributed by atoms with E-state index in [4.69, 9.17) is 14.6 Å². The van der Waals surface area contributed by atoms with Gasteiger partial charge < -0.3 is 24.8 Å². The lowest BCUT2D eigenvalue weighted by atomic mass is 10.3. The average molecular weight is 290 g/mol. The molecule has 0 aromatic carbocycles. The second kappa shape index (κ2) is 11.5. The van der Waals surface area contributed by atoms with Crippen molar-refractivity contribution in [2.75, 3.05) is 40.0 Å². The van der Waals surface area contributed by atoms with Crippen LogP contribution in [-0.4, -0.2) is 68.1 Å². The van der Waals surface area contributed by atoms with Crippen LogP contribution in [0, 0.1) is 0 Å². The minimum absolute atomic E-state index is 0.150. The molecule has 7 heteroatoms. The summed E-state index contributed by atoms with van der Waals surface area (Å²) in [6.45, 7) is 5.57. The number of aliphatic carboxylic acids is 1. The summed E-state index contributed by atoms with van der Waals surface area (Å²) in [6, 6.07) is -0.494. The quantitative estimate of drug-likeness (QED) is 0.553. The molecule has 0 atom stereocenters. The van der Waals surface area contributed by atoms with Gasteiger partial charge in [0.15, 0.2) is 0 Å². The van der Waals surface area contributed by atoms with Crippen LogP contribution < -0.4 is 5.32 Å². The maximum absolute atomic E-state index is 11.8. The molecule has 2 N–H and O–H groups in total.